The Balaban J connectivity index is 1.84. The number of rotatable bonds is 2. The molecule has 0 radical (unpaired) electrons. The van der Waals surface area contributed by atoms with E-state index in [2.05, 4.69) is 53.5 Å². The van der Waals surface area contributed by atoms with E-state index >= 15 is 0 Å². The quantitative estimate of drug-likeness (QED) is 0.654. The smallest absolute Gasteiger partial charge is 0.142 e. The second-order valence-corrected chi connectivity index (χ2v) is 6.99. The van der Waals surface area contributed by atoms with E-state index in [9.17, 15) is 10.5 Å². The van der Waals surface area contributed by atoms with Crippen molar-refractivity contribution in [3.63, 3.8) is 0 Å². The number of pyridine rings is 1. The van der Waals surface area contributed by atoms with Gasteiger partial charge in [0.25, 0.3) is 0 Å². The lowest BCUT2D eigenvalue weighted by Crippen LogP contribution is -2.03. The molecule has 1 aliphatic carbocycles. The number of nitrogens with zero attached hydrogens (tertiary/aromatic N) is 3. The van der Waals surface area contributed by atoms with Gasteiger partial charge in [0.05, 0.1) is 16.8 Å². The van der Waals surface area contributed by atoms with Crippen LogP contribution in [0.5, 0.6) is 0 Å². The minimum absolute atomic E-state index is 0.165. The summed E-state index contributed by atoms with van der Waals surface area (Å²) in [7, 11) is 0. The summed E-state index contributed by atoms with van der Waals surface area (Å²) in [5, 5.41) is 19.1. The van der Waals surface area contributed by atoms with Crippen LogP contribution in [-0.4, -0.2) is 4.98 Å². The third kappa shape index (κ3) is 2.98. The molecule has 3 aromatic rings. The summed E-state index contributed by atoms with van der Waals surface area (Å²) >= 11 is 0. The van der Waals surface area contributed by atoms with E-state index in [1.807, 2.05) is 38.1 Å². The van der Waals surface area contributed by atoms with Gasteiger partial charge in [-0.05, 0) is 53.3 Å². The Bertz CT molecular complexity index is 1270. The van der Waals surface area contributed by atoms with Gasteiger partial charge in [-0.25, -0.2) is 4.98 Å². The Labute approximate surface area is 169 Å². The summed E-state index contributed by atoms with van der Waals surface area (Å²) in [5.41, 5.74) is 14.0. The number of nitriles is 2. The van der Waals surface area contributed by atoms with Crippen molar-refractivity contribution in [2.75, 3.05) is 5.73 Å². The van der Waals surface area contributed by atoms with Crippen LogP contribution in [0.4, 0.5) is 5.82 Å². The average molecular weight is 374 g/mol. The minimum Gasteiger partial charge on any atom is -0.383 e. The van der Waals surface area contributed by atoms with E-state index in [1.165, 1.54) is 0 Å². The predicted octanol–water partition coefficient (Wildman–Crippen LogP) is 5.36. The highest BCUT2D eigenvalue weighted by atomic mass is 14.9. The summed E-state index contributed by atoms with van der Waals surface area (Å²) in [4.78, 5) is 4.37. The van der Waals surface area contributed by atoms with Crippen molar-refractivity contribution >= 4 is 23.0 Å². The molecule has 0 saturated heterocycles. The molecule has 138 valence electrons. The van der Waals surface area contributed by atoms with Gasteiger partial charge in [0.15, 0.2) is 0 Å². The standard InChI is InChI=1S/C25H18N4/c1-15-20(12-17-8-10-19(11-9-17)18-6-4-3-5-7-18)23-16(2)22(14-27)25(28)29-24(23)21(15)13-26/h3-12H,1-2H3,(H2,28,29)/b20-12-. The fourth-order valence-corrected chi connectivity index (χ4v) is 3.76. The second-order valence-electron chi connectivity index (χ2n) is 6.99. The number of allylic oxidation sites excluding steroid dienone is 3. The molecule has 1 heterocycles. The topological polar surface area (TPSA) is 86.5 Å². The molecule has 2 aromatic carbocycles. The van der Waals surface area contributed by atoms with Gasteiger partial charge in [-0.3, -0.25) is 0 Å². The first kappa shape index (κ1) is 18.2. The van der Waals surface area contributed by atoms with Crippen molar-refractivity contribution in [2.24, 2.45) is 0 Å². The van der Waals surface area contributed by atoms with E-state index in [0.29, 0.717) is 16.8 Å². The van der Waals surface area contributed by atoms with Gasteiger partial charge in [0, 0.05) is 5.56 Å². The van der Waals surface area contributed by atoms with Crippen LogP contribution in [0, 0.1) is 29.6 Å². The highest BCUT2D eigenvalue weighted by molar-refractivity contribution is 6.08. The van der Waals surface area contributed by atoms with Gasteiger partial charge in [0.2, 0.25) is 0 Å². The first-order valence-electron chi connectivity index (χ1n) is 9.24. The maximum Gasteiger partial charge on any atom is 0.142 e. The molecular formula is C25H18N4. The molecule has 0 atom stereocenters. The summed E-state index contributed by atoms with van der Waals surface area (Å²) in [5.74, 6) is 0.165. The van der Waals surface area contributed by atoms with Gasteiger partial charge >= 0.3 is 0 Å². The monoisotopic (exact) mass is 374 g/mol. The molecule has 0 bridgehead atoms. The van der Waals surface area contributed by atoms with E-state index < -0.39 is 0 Å². The van der Waals surface area contributed by atoms with Crippen molar-refractivity contribution < 1.29 is 0 Å². The molecule has 0 amide bonds. The number of aromatic nitrogens is 1. The molecule has 0 fully saturated rings. The van der Waals surface area contributed by atoms with Crippen LogP contribution in [0.1, 0.15) is 34.9 Å². The molecule has 0 unspecified atom stereocenters. The predicted molar refractivity (Wildman–Crippen MR) is 116 cm³/mol. The lowest BCUT2D eigenvalue weighted by molar-refractivity contribution is 1.22. The Morgan fingerprint density at radius 3 is 2.17 bits per heavy atom. The molecular weight excluding hydrogens is 356 g/mol. The van der Waals surface area contributed by atoms with Gasteiger partial charge < -0.3 is 5.73 Å². The molecule has 4 rings (SSSR count). The maximum absolute atomic E-state index is 9.66. The molecule has 4 nitrogen and oxygen atoms in total. The Morgan fingerprint density at radius 1 is 0.897 bits per heavy atom. The lowest BCUT2D eigenvalue weighted by atomic mass is 9.95. The number of fused-ring (bicyclic) bond motifs is 1. The Morgan fingerprint density at radius 2 is 1.55 bits per heavy atom. The largest absolute Gasteiger partial charge is 0.383 e. The molecule has 1 aromatic heterocycles. The van der Waals surface area contributed by atoms with E-state index in [4.69, 9.17) is 5.73 Å². The van der Waals surface area contributed by atoms with E-state index in [1.54, 1.807) is 0 Å². The highest BCUT2D eigenvalue weighted by Crippen LogP contribution is 2.44. The van der Waals surface area contributed by atoms with Gasteiger partial charge in [-0.1, -0.05) is 54.6 Å². The molecule has 29 heavy (non-hydrogen) atoms. The normalized spacial score (nSPS) is 13.9. The number of hydrogen-bond acceptors (Lipinski definition) is 4. The summed E-state index contributed by atoms with van der Waals surface area (Å²) in [6.45, 7) is 3.77. The first-order valence-corrected chi connectivity index (χ1v) is 9.24. The number of anilines is 1. The zero-order valence-electron chi connectivity index (χ0n) is 16.2. The van der Waals surface area contributed by atoms with Crippen molar-refractivity contribution in [3.05, 3.63) is 88.1 Å². The first-order chi connectivity index (χ1) is 14.0. The van der Waals surface area contributed by atoms with Crippen LogP contribution in [-0.2, 0) is 0 Å². The van der Waals surface area contributed by atoms with E-state index in [-0.39, 0.29) is 5.82 Å². The molecule has 0 saturated carbocycles. The Kier molecular flexibility index (Phi) is 4.47. The molecule has 0 aliphatic heterocycles. The number of benzene rings is 2. The van der Waals surface area contributed by atoms with Crippen molar-refractivity contribution in [3.8, 4) is 23.3 Å². The summed E-state index contributed by atoms with van der Waals surface area (Å²) < 4.78 is 0. The highest BCUT2D eigenvalue weighted by Gasteiger charge is 2.29. The van der Waals surface area contributed by atoms with Crippen LogP contribution in [0.15, 0.2) is 60.2 Å². The van der Waals surface area contributed by atoms with Gasteiger partial charge in [-0.15, -0.1) is 0 Å². The fourth-order valence-electron chi connectivity index (χ4n) is 3.76. The third-order valence-electron chi connectivity index (χ3n) is 5.31. The second kappa shape index (κ2) is 7.11. The van der Waals surface area contributed by atoms with Gasteiger partial charge in [0.1, 0.15) is 18.0 Å². The number of nitrogens with two attached hydrogens (primary N) is 1. The lowest BCUT2D eigenvalue weighted by Gasteiger charge is -2.11. The SMILES string of the molecule is CC1=C(C#N)c2nc(N)c(C#N)c(C)c2/C1=C\c1ccc(-c2ccccc2)cc1. The zero-order chi connectivity index (χ0) is 20.5. The summed E-state index contributed by atoms with van der Waals surface area (Å²) in [6.07, 6.45) is 2.04. The number of hydrogen-bond donors (Lipinski definition) is 1. The van der Waals surface area contributed by atoms with Crippen LogP contribution in [0.25, 0.3) is 28.3 Å². The van der Waals surface area contributed by atoms with Crippen molar-refractivity contribution in [1.29, 1.82) is 10.5 Å². The van der Waals surface area contributed by atoms with Crippen LogP contribution in [0.3, 0.4) is 0 Å². The van der Waals surface area contributed by atoms with Crippen LogP contribution < -0.4 is 5.73 Å². The van der Waals surface area contributed by atoms with E-state index in [0.717, 1.165) is 39.0 Å². The van der Waals surface area contributed by atoms with Crippen molar-refractivity contribution in [1.82, 2.24) is 4.98 Å². The molecule has 0 spiro atoms. The minimum atomic E-state index is 0.165. The maximum atomic E-state index is 9.66. The van der Waals surface area contributed by atoms with Crippen LogP contribution >= 0.6 is 0 Å². The van der Waals surface area contributed by atoms with Gasteiger partial charge in [-0.2, -0.15) is 10.5 Å². The zero-order valence-corrected chi connectivity index (χ0v) is 16.2. The molecule has 1 aliphatic rings. The summed E-state index contributed by atoms with van der Waals surface area (Å²) in [6, 6.07) is 22.8. The van der Waals surface area contributed by atoms with Crippen LogP contribution in [0.2, 0.25) is 0 Å². The number of nitrogen functional groups attached to an aromatic ring is 1. The van der Waals surface area contributed by atoms with Crippen molar-refractivity contribution in [2.45, 2.75) is 13.8 Å². The molecule has 4 heteroatoms. The average Bonchev–Trinajstić information content (AvgIpc) is 3.00. The fraction of sp³-hybridized carbons (Fsp3) is 0.0800. The third-order valence-corrected chi connectivity index (χ3v) is 5.31. The Hall–Kier alpha value is -4.15. The molecule has 2 N–H and O–H groups in total.